The topological polar surface area (TPSA) is 50.8 Å². The normalized spacial score (nSPS) is 16.5. The predicted molar refractivity (Wildman–Crippen MR) is 85.7 cm³/mol. The highest BCUT2D eigenvalue weighted by atomic mass is 16.7. The highest BCUT2D eigenvalue weighted by Gasteiger charge is 2.23. The Kier molecular flexibility index (Phi) is 6.07. The Bertz CT molecular complexity index is 485. The molecular formula is C17H26N2O3. The second-order valence-electron chi connectivity index (χ2n) is 5.96. The van der Waals surface area contributed by atoms with Gasteiger partial charge in [0.2, 0.25) is 0 Å². The average molecular weight is 306 g/mol. The molecule has 1 heterocycles. The van der Waals surface area contributed by atoms with Gasteiger partial charge < -0.3 is 10.1 Å². The fourth-order valence-corrected chi connectivity index (χ4v) is 2.55. The van der Waals surface area contributed by atoms with Crippen LogP contribution in [0, 0.1) is 5.92 Å². The molecule has 22 heavy (non-hydrogen) atoms. The number of rotatable bonds is 5. The Hall–Kier alpha value is -1.75. The number of ether oxygens (including phenoxy) is 1. The van der Waals surface area contributed by atoms with Gasteiger partial charge in [-0.1, -0.05) is 32.0 Å². The van der Waals surface area contributed by atoms with Crippen LogP contribution in [0.5, 0.6) is 5.75 Å². The summed E-state index contributed by atoms with van der Waals surface area (Å²) in [6.07, 6.45) is 2.74. The van der Waals surface area contributed by atoms with Crippen LogP contribution >= 0.6 is 0 Å². The third kappa shape index (κ3) is 4.37. The highest BCUT2D eigenvalue weighted by Crippen LogP contribution is 2.21. The van der Waals surface area contributed by atoms with Gasteiger partial charge in [0, 0.05) is 6.04 Å². The summed E-state index contributed by atoms with van der Waals surface area (Å²) in [6, 6.07) is 7.82. The summed E-state index contributed by atoms with van der Waals surface area (Å²) >= 11 is 0. The predicted octanol–water partition coefficient (Wildman–Crippen LogP) is 3.00. The lowest BCUT2D eigenvalue weighted by molar-refractivity contribution is -0.140. The van der Waals surface area contributed by atoms with Crippen molar-refractivity contribution in [2.24, 2.45) is 5.92 Å². The van der Waals surface area contributed by atoms with Crippen LogP contribution < -0.4 is 10.1 Å². The van der Waals surface area contributed by atoms with Gasteiger partial charge in [0.15, 0.2) is 0 Å². The molecule has 0 bridgehead atoms. The molecule has 1 atom stereocenters. The number of para-hydroxylation sites is 1. The molecular weight excluding hydrogens is 280 g/mol. The van der Waals surface area contributed by atoms with Crippen molar-refractivity contribution in [2.45, 2.75) is 39.2 Å². The van der Waals surface area contributed by atoms with Gasteiger partial charge in [0.25, 0.3) is 0 Å². The Morgan fingerprint density at radius 2 is 2.14 bits per heavy atom. The van der Waals surface area contributed by atoms with E-state index in [0.29, 0.717) is 19.1 Å². The molecule has 0 aromatic heterocycles. The Labute approximate surface area is 132 Å². The molecule has 0 aliphatic carbocycles. The lowest BCUT2D eigenvalue weighted by Crippen LogP contribution is -2.49. The van der Waals surface area contributed by atoms with Crippen molar-refractivity contribution < 1.29 is 14.4 Å². The van der Waals surface area contributed by atoms with Crippen molar-refractivity contribution in [3.8, 4) is 5.75 Å². The molecule has 2 amide bonds. The number of carbonyl (C=O) groups is 1. The van der Waals surface area contributed by atoms with E-state index in [1.807, 2.05) is 24.3 Å². The smallest absolute Gasteiger partial charge is 0.341 e. The van der Waals surface area contributed by atoms with Gasteiger partial charge >= 0.3 is 6.03 Å². The Morgan fingerprint density at radius 3 is 2.77 bits per heavy atom. The van der Waals surface area contributed by atoms with E-state index < -0.39 is 0 Å². The number of hydroxylamine groups is 2. The molecule has 1 fully saturated rings. The second-order valence-corrected chi connectivity index (χ2v) is 5.96. The first kappa shape index (κ1) is 16.6. The van der Waals surface area contributed by atoms with Crippen LogP contribution in [0.25, 0.3) is 0 Å². The van der Waals surface area contributed by atoms with E-state index in [1.165, 1.54) is 5.06 Å². The van der Waals surface area contributed by atoms with E-state index in [9.17, 15) is 4.79 Å². The number of amides is 2. The molecule has 1 aromatic carbocycles. The minimum absolute atomic E-state index is 0.0364. The SMILES string of the molecule is COc1ccccc1CC(NC(=O)N1CCCCO1)C(C)C. The quantitative estimate of drug-likeness (QED) is 0.910. The van der Waals surface area contributed by atoms with Crippen molar-refractivity contribution in [2.75, 3.05) is 20.3 Å². The van der Waals surface area contributed by atoms with Crippen LogP contribution in [0.3, 0.4) is 0 Å². The number of benzene rings is 1. The maximum atomic E-state index is 12.3. The van der Waals surface area contributed by atoms with Crippen LogP contribution in [0.4, 0.5) is 4.79 Å². The lowest BCUT2D eigenvalue weighted by atomic mass is 9.96. The second kappa shape index (κ2) is 8.03. The minimum Gasteiger partial charge on any atom is -0.496 e. The molecule has 5 heteroatoms. The summed E-state index contributed by atoms with van der Waals surface area (Å²) in [4.78, 5) is 17.7. The van der Waals surface area contributed by atoms with Crippen LogP contribution in [0.15, 0.2) is 24.3 Å². The maximum Gasteiger partial charge on any atom is 0.341 e. The number of hydrogen-bond donors (Lipinski definition) is 1. The number of carbonyl (C=O) groups excluding carboxylic acids is 1. The van der Waals surface area contributed by atoms with Crippen molar-refractivity contribution in [3.63, 3.8) is 0 Å². The number of hydrogen-bond acceptors (Lipinski definition) is 3. The number of nitrogens with one attached hydrogen (secondary N) is 1. The fraction of sp³-hybridized carbons (Fsp3) is 0.588. The van der Waals surface area contributed by atoms with Gasteiger partial charge in [0.1, 0.15) is 5.75 Å². The minimum atomic E-state index is -0.145. The van der Waals surface area contributed by atoms with E-state index in [-0.39, 0.29) is 12.1 Å². The molecule has 0 saturated carbocycles. The van der Waals surface area contributed by atoms with Gasteiger partial charge in [-0.15, -0.1) is 0 Å². The van der Waals surface area contributed by atoms with Gasteiger partial charge in [-0.25, -0.2) is 9.86 Å². The molecule has 122 valence electrons. The van der Waals surface area contributed by atoms with Gasteiger partial charge in [-0.3, -0.25) is 4.84 Å². The van der Waals surface area contributed by atoms with Crippen molar-refractivity contribution in [1.82, 2.24) is 10.4 Å². The van der Waals surface area contributed by atoms with Gasteiger partial charge in [-0.2, -0.15) is 0 Å². The van der Waals surface area contributed by atoms with Crippen molar-refractivity contribution in [1.29, 1.82) is 0 Å². The standard InChI is InChI=1S/C17H26N2O3/c1-13(2)15(12-14-8-4-5-9-16(14)21-3)18-17(20)19-10-6-7-11-22-19/h4-5,8-9,13,15H,6-7,10-12H2,1-3H3,(H,18,20). The van der Waals surface area contributed by atoms with Crippen molar-refractivity contribution in [3.05, 3.63) is 29.8 Å². The zero-order chi connectivity index (χ0) is 15.9. The third-order valence-electron chi connectivity index (χ3n) is 3.98. The van der Waals surface area contributed by atoms with E-state index >= 15 is 0 Å². The average Bonchev–Trinajstić information content (AvgIpc) is 2.55. The van der Waals surface area contributed by atoms with E-state index in [4.69, 9.17) is 9.57 Å². The Morgan fingerprint density at radius 1 is 1.36 bits per heavy atom. The molecule has 5 nitrogen and oxygen atoms in total. The van der Waals surface area contributed by atoms with E-state index in [2.05, 4.69) is 19.2 Å². The first-order valence-corrected chi connectivity index (χ1v) is 7.94. The van der Waals surface area contributed by atoms with Crippen LogP contribution in [-0.2, 0) is 11.3 Å². The van der Waals surface area contributed by atoms with Crippen LogP contribution in [0.2, 0.25) is 0 Å². The lowest BCUT2D eigenvalue weighted by Gasteiger charge is -2.30. The van der Waals surface area contributed by atoms with Gasteiger partial charge in [0.05, 0.1) is 20.3 Å². The largest absolute Gasteiger partial charge is 0.496 e. The third-order valence-corrected chi connectivity index (χ3v) is 3.98. The number of methoxy groups -OCH3 is 1. The molecule has 0 spiro atoms. The zero-order valence-corrected chi connectivity index (χ0v) is 13.7. The molecule has 1 saturated heterocycles. The van der Waals surface area contributed by atoms with E-state index in [1.54, 1.807) is 7.11 Å². The summed E-state index contributed by atoms with van der Waals surface area (Å²) in [5, 5.41) is 4.54. The molecule has 0 radical (unpaired) electrons. The highest BCUT2D eigenvalue weighted by molar-refractivity contribution is 5.73. The summed E-state index contributed by atoms with van der Waals surface area (Å²) in [6.45, 7) is 5.49. The zero-order valence-electron chi connectivity index (χ0n) is 13.7. The molecule has 1 aliphatic heterocycles. The van der Waals surface area contributed by atoms with Crippen LogP contribution in [0.1, 0.15) is 32.3 Å². The summed E-state index contributed by atoms with van der Waals surface area (Å²) in [7, 11) is 1.67. The Balaban J connectivity index is 2.01. The summed E-state index contributed by atoms with van der Waals surface area (Å²) in [5.74, 6) is 1.18. The molecule has 1 N–H and O–H groups in total. The first-order valence-electron chi connectivity index (χ1n) is 7.94. The van der Waals surface area contributed by atoms with Crippen LogP contribution in [-0.4, -0.2) is 37.4 Å². The fourth-order valence-electron chi connectivity index (χ4n) is 2.55. The molecule has 2 rings (SSSR count). The molecule has 1 aromatic rings. The van der Waals surface area contributed by atoms with E-state index in [0.717, 1.165) is 30.6 Å². The molecule has 1 unspecified atom stereocenters. The maximum absolute atomic E-state index is 12.3. The summed E-state index contributed by atoms with van der Waals surface area (Å²) in [5.41, 5.74) is 1.10. The molecule has 1 aliphatic rings. The first-order chi connectivity index (χ1) is 10.6. The monoisotopic (exact) mass is 306 g/mol. The number of urea groups is 1. The van der Waals surface area contributed by atoms with Gasteiger partial charge in [-0.05, 0) is 36.8 Å². The number of nitrogens with zero attached hydrogens (tertiary/aromatic N) is 1. The summed E-state index contributed by atoms with van der Waals surface area (Å²) < 4.78 is 5.40. The van der Waals surface area contributed by atoms with Crippen molar-refractivity contribution >= 4 is 6.03 Å².